The summed E-state index contributed by atoms with van der Waals surface area (Å²) in [6.07, 6.45) is 4.87. The van der Waals surface area contributed by atoms with Crippen molar-refractivity contribution >= 4 is 22.9 Å². The largest absolute Gasteiger partial charge is 0.350 e. The quantitative estimate of drug-likeness (QED) is 0.592. The molecule has 144 valence electrons. The molecule has 1 atom stereocenters. The molecule has 27 heavy (non-hydrogen) atoms. The van der Waals surface area contributed by atoms with Crippen molar-refractivity contribution < 1.29 is 9.72 Å². The highest BCUT2D eigenvalue weighted by atomic mass is 32.1. The minimum absolute atomic E-state index is 0.0236. The first-order chi connectivity index (χ1) is 13.1. The van der Waals surface area contributed by atoms with E-state index in [1.54, 1.807) is 30.4 Å². The maximum atomic E-state index is 12.6. The van der Waals surface area contributed by atoms with Gasteiger partial charge in [-0.2, -0.15) is 11.3 Å². The van der Waals surface area contributed by atoms with Gasteiger partial charge in [-0.05, 0) is 61.3 Å². The fourth-order valence-electron chi connectivity index (χ4n) is 3.57. The molecule has 2 aromatic rings. The van der Waals surface area contributed by atoms with Crippen LogP contribution in [0.3, 0.4) is 0 Å². The van der Waals surface area contributed by atoms with Crippen LogP contribution in [0.25, 0.3) is 0 Å². The summed E-state index contributed by atoms with van der Waals surface area (Å²) in [5.41, 5.74) is 2.08. The molecular formula is C20H25N3O3S. The average Bonchev–Trinajstić information content (AvgIpc) is 3.05. The molecule has 1 amide bonds. The van der Waals surface area contributed by atoms with Gasteiger partial charge in [0, 0.05) is 23.7 Å². The van der Waals surface area contributed by atoms with E-state index in [0.29, 0.717) is 17.7 Å². The molecule has 1 N–H and O–H groups in total. The topological polar surface area (TPSA) is 75.5 Å². The average molecular weight is 388 g/mol. The maximum absolute atomic E-state index is 12.6. The normalized spacial score (nSPS) is 16.5. The maximum Gasteiger partial charge on any atom is 0.273 e. The molecule has 1 aliphatic rings. The van der Waals surface area contributed by atoms with Crippen LogP contribution >= 0.6 is 11.3 Å². The number of hydrogen-bond donors (Lipinski definition) is 1. The molecule has 3 rings (SSSR count). The lowest BCUT2D eigenvalue weighted by Crippen LogP contribution is -2.38. The summed E-state index contributed by atoms with van der Waals surface area (Å²) in [7, 11) is 0. The second-order valence-electron chi connectivity index (χ2n) is 6.99. The SMILES string of the molecule is Cc1ccc(C(=O)NCC(c2ccsc2)N2CCCCCC2)cc1[N+](=O)[O-]. The first kappa shape index (κ1) is 19.5. The van der Waals surface area contributed by atoms with Gasteiger partial charge in [0.1, 0.15) is 0 Å². The molecule has 0 aliphatic carbocycles. The molecule has 1 aliphatic heterocycles. The van der Waals surface area contributed by atoms with Crippen molar-refractivity contribution in [3.8, 4) is 0 Å². The Bertz CT molecular complexity index is 784. The third-order valence-corrected chi connectivity index (χ3v) is 5.83. The number of nitrogens with zero attached hydrogens (tertiary/aromatic N) is 2. The van der Waals surface area contributed by atoms with Crippen LogP contribution in [0.4, 0.5) is 5.69 Å². The van der Waals surface area contributed by atoms with Crippen molar-refractivity contribution in [2.24, 2.45) is 0 Å². The van der Waals surface area contributed by atoms with Crippen LogP contribution in [0, 0.1) is 17.0 Å². The first-order valence-electron chi connectivity index (χ1n) is 9.35. The van der Waals surface area contributed by atoms with E-state index in [1.807, 2.05) is 0 Å². The monoisotopic (exact) mass is 387 g/mol. The van der Waals surface area contributed by atoms with Crippen LogP contribution in [0.2, 0.25) is 0 Å². The third-order valence-electron chi connectivity index (χ3n) is 5.13. The molecule has 1 unspecified atom stereocenters. The lowest BCUT2D eigenvalue weighted by Gasteiger charge is -2.30. The Morgan fingerprint density at radius 1 is 1.26 bits per heavy atom. The second kappa shape index (κ2) is 9.10. The smallest absolute Gasteiger partial charge is 0.273 e. The Hall–Kier alpha value is -2.25. The number of hydrogen-bond acceptors (Lipinski definition) is 5. The van der Waals surface area contributed by atoms with Crippen LogP contribution in [0.1, 0.15) is 53.2 Å². The zero-order valence-electron chi connectivity index (χ0n) is 15.5. The number of nitrogens with one attached hydrogen (secondary N) is 1. The van der Waals surface area contributed by atoms with Crippen LogP contribution in [0.15, 0.2) is 35.0 Å². The highest BCUT2D eigenvalue weighted by molar-refractivity contribution is 7.07. The fraction of sp³-hybridized carbons (Fsp3) is 0.450. The van der Waals surface area contributed by atoms with Gasteiger partial charge in [0.05, 0.1) is 11.0 Å². The van der Waals surface area contributed by atoms with Crippen molar-refractivity contribution in [2.45, 2.75) is 38.6 Å². The van der Waals surface area contributed by atoms with Gasteiger partial charge in [0.25, 0.3) is 11.6 Å². The van der Waals surface area contributed by atoms with Gasteiger partial charge < -0.3 is 5.32 Å². The van der Waals surface area contributed by atoms with Gasteiger partial charge in [-0.1, -0.05) is 18.9 Å². The highest BCUT2D eigenvalue weighted by Crippen LogP contribution is 2.26. The van der Waals surface area contributed by atoms with Crippen LogP contribution < -0.4 is 5.32 Å². The summed E-state index contributed by atoms with van der Waals surface area (Å²) >= 11 is 1.66. The molecule has 7 heteroatoms. The minimum Gasteiger partial charge on any atom is -0.350 e. The molecule has 1 fully saturated rings. The van der Waals surface area contributed by atoms with Crippen LogP contribution in [-0.4, -0.2) is 35.4 Å². The van der Waals surface area contributed by atoms with Gasteiger partial charge in [-0.25, -0.2) is 0 Å². The molecule has 0 bridgehead atoms. The number of nitro groups is 1. The molecular weight excluding hydrogens is 362 g/mol. The summed E-state index contributed by atoms with van der Waals surface area (Å²) in [5, 5.41) is 18.3. The van der Waals surface area contributed by atoms with E-state index in [-0.39, 0.29) is 17.6 Å². The molecule has 6 nitrogen and oxygen atoms in total. The molecule has 2 heterocycles. The van der Waals surface area contributed by atoms with E-state index in [1.165, 1.54) is 37.3 Å². The number of thiophene rings is 1. The lowest BCUT2D eigenvalue weighted by molar-refractivity contribution is -0.385. The summed E-state index contributed by atoms with van der Waals surface area (Å²) in [6, 6.07) is 6.87. The number of rotatable bonds is 6. The Morgan fingerprint density at radius 3 is 2.63 bits per heavy atom. The van der Waals surface area contributed by atoms with Gasteiger partial charge in [0.15, 0.2) is 0 Å². The molecule has 0 spiro atoms. The predicted octanol–water partition coefficient (Wildman–Crippen LogP) is 4.31. The van der Waals surface area contributed by atoms with Crippen molar-refractivity contribution in [1.29, 1.82) is 0 Å². The van der Waals surface area contributed by atoms with Gasteiger partial charge >= 0.3 is 0 Å². The van der Waals surface area contributed by atoms with Gasteiger partial charge in [-0.3, -0.25) is 19.8 Å². The number of amides is 1. The molecule has 1 saturated heterocycles. The van der Waals surface area contributed by atoms with E-state index >= 15 is 0 Å². The number of nitro benzene ring substituents is 1. The first-order valence-corrected chi connectivity index (χ1v) is 10.3. The van der Waals surface area contributed by atoms with Crippen molar-refractivity contribution in [3.05, 3.63) is 61.8 Å². The summed E-state index contributed by atoms with van der Waals surface area (Å²) in [6.45, 7) is 4.24. The van der Waals surface area contributed by atoms with E-state index in [4.69, 9.17) is 0 Å². The van der Waals surface area contributed by atoms with Crippen LogP contribution in [-0.2, 0) is 0 Å². The zero-order chi connectivity index (χ0) is 19.2. The molecule has 0 radical (unpaired) electrons. The van der Waals surface area contributed by atoms with E-state index in [2.05, 4.69) is 27.0 Å². The van der Waals surface area contributed by atoms with E-state index in [9.17, 15) is 14.9 Å². The Morgan fingerprint density at radius 2 is 2.00 bits per heavy atom. The Kier molecular flexibility index (Phi) is 6.58. The Labute approximate surface area is 163 Å². The Balaban J connectivity index is 1.72. The van der Waals surface area contributed by atoms with Gasteiger partial charge in [0.2, 0.25) is 0 Å². The number of carbonyl (C=O) groups is 1. The number of aryl methyl sites for hydroxylation is 1. The summed E-state index contributed by atoms with van der Waals surface area (Å²) in [5.74, 6) is -0.270. The summed E-state index contributed by atoms with van der Waals surface area (Å²) in [4.78, 5) is 25.7. The van der Waals surface area contributed by atoms with Gasteiger partial charge in [-0.15, -0.1) is 0 Å². The number of carbonyl (C=O) groups excluding carboxylic acids is 1. The predicted molar refractivity (Wildman–Crippen MR) is 107 cm³/mol. The molecule has 1 aromatic heterocycles. The van der Waals surface area contributed by atoms with E-state index < -0.39 is 4.92 Å². The minimum atomic E-state index is -0.447. The summed E-state index contributed by atoms with van der Waals surface area (Å²) < 4.78 is 0. The molecule has 0 saturated carbocycles. The standard InChI is InChI=1S/C20H25N3O3S/c1-15-6-7-16(12-18(15)23(25)26)20(24)21-13-19(17-8-11-27-14-17)22-9-4-2-3-5-10-22/h6-8,11-12,14,19H,2-5,9-10,13H2,1H3,(H,21,24). The zero-order valence-corrected chi connectivity index (χ0v) is 16.3. The number of likely N-dealkylation sites (tertiary alicyclic amines) is 1. The van der Waals surface area contributed by atoms with Crippen molar-refractivity contribution in [2.75, 3.05) is 19.6 Å². The second-order valence-corrected chi connectivity index (χ2v) is 7.77. The van der Waals surface area contributed by atoms with Crippen molar-refractivity contribution in [1.82, 2.24) is 10.2 Å². The van der Waals surface area contributed by atoms with Crippen LogP contribution in [0.5, 0.6) is 0 Å². The third kappa shape index (κ3) is 4.93. The highest BCUT2D eigenvalue weighted by Gasteiger charge is 2.23. The molecule has 1 aromatic carbocycles. The van der Waals surface area contributed by atoms with Crippen molar-refractivity contribution in [3.63, 3.8) is 0 Å². The number of benzene rings is 1. The lowest BCUT2D eigenvalue weighted by atomic mass is 10.1. The van der Waals surface area contributed by atoms with E-state index in [0.717, 1.165) is 13.1 Å². The fourth-order valence-corrected chi connectivity index (χ4v) is 4.28.